The van der Waals surface area contributed by atoms with Gasteiger partial charge in [0, 0.05) is 14.1 Å². The molecule has 25 heavy (non-hydrogen) atoms. The van der Waals surface area contributed by atoms with Crippen LogP contribution in [-0.2, 0) is 19.8 Å². The summed E-state index contributed by atoms with van der Waals surface area (Å²) in [5, 5.41) is 3.71. The van der Waals surface area contributed by atoms with Crippen LogP contribution in [0.2, 0.25) is 0 Å². The monoisotopic (exact) mass is 370 g/mol. The van der Waals surface area contributed by atoms with Gasteiger partial charge in [0.1, 0.15) is 10.7 Å². The highest BCUT2D eigenvalue weighted by Crippen LogP contribution is 2.23. The number of aromatic nitrogens is 4. The summed E-state index contributed by atoms with van der Waals surface area (Å²) in [6, 6.07) is 9.09. The minimum absolute atomic E-state index is 0.0610. The summed E-state index contributed by atoms with van der Waals surface area (Å²) in [6.07, 6.45) is 0. The quantitative estimate of drug-likeness (QED) is 0.409. The minimum atomic E-state index is -0.0724. The normalized spacial score (nSPS) is 11.4. The highest BCUT2D eigenvalue weighted by atomic mass is 32.2. The third kappa shape index (κ3) is 2.67. The van der Waals surface area contributed by atoms with E-state index in [0.29, 0.717) is 33.0 Å². The Bertz CT molecular complexity index is 1220. The average Bonchev–Trinajstić information content (AvgIpc) is 3.09. The van der Waals surface area contributed by atoms with Crippen molar-refractivity contribution in [2.45, 2.75) is 10.9 Å². The van der Waals surface area contributed by atoms with Crippen molar-refractivity contribution in [3.8, 4) is 0 Å². The molecule has 6 nitrogen and oxygen atoms in total. The molecule has 126 valence electrons. The lowest BCUT2D eigenvalue weighted by Gasteiger charge is -2.10. The van der Waals surface area contributed by atoms with Crippen molar-refractivity contribution >= 4 is 44.2 Å². The molecule has 0 N–H and O–H groups in total. The van der Waals surface area contributed by atoms with E-state index in [1.165, 1.54) is 23.1 Å². The Morgan fingerprint density at radius 1 is 1.00 bits per heavy atom. The van der Waals surface area contributed by atoms with E-state index in [2.05, 4.69) is 9.97 Å². The maximum atomic E-state index is 12.5. The smallest absolute Gasteiger partial charge is 0.262 e. The maximum absolute atomic E-state index is 12.5. The van der Waals surface area contributed by atoms with Crippen LogP contribution in [-0.4, -0.2) is 19.1 Å². The van der Waals surface area contributed by atoms with Crippen molar-refractivity contribution in [2.75, 3.05) is 0 Å². The molecule has 3 heterocycles. The van der Waals surface area contributed by atoms with Gasteiger partial charge < -0.3 is 0 Å². The number of nitrogens with zero attached hydrogens (tertiary/aromatic N) is 4. The third-order valence-electron chi connectivity index (χ3n) is 4.07. The van der Waals surface area contributed by atoms with Gasteiger partial charge in [-0.25, -0.2) is 9.97 Å². The lowest BCUT2D eigenvalue weighted by atomic mass is 10.2. The number of hydrogen-bond acceptors (Lipinski definition) is 6. The molecule has 0 aliphatic heterocycles. The molecule has 0 spiro atoms. The van der Waals surface area contributed by atoms with Crippen molar-refractivity contribution in [3.63, 3.8) is 0 Å². The summed E-state index contributed by atoms with van der Waals surface area (Å²) in [7, 11) is 3.42. The molecule has 0 fully saturated rings. The summed E-state index contributed by atoms with van der Waals surface area (Å²) in [6.45, 7) is 0. The summed E-state index contributed by atoms with van der Waals surface area (Å²) >= 11 is 2.85. The van der Waals surface area contributed by atoms with Gasteiger partial charge in [-0.2, -0.15) is 0 Å². The summed E-state index contributed by atoms with van der Waals surface area (Å²) < 4.78 is 3.09. The van der Waals surface area contributed by atoms with E-state index in [1.807, 2.05) is 23.6 Å². The standard InChI is InChI=1S/C17H14N4O2S2/c1-20-13(18-12-6-4-3-5-10(12)15(20)22)9-25-17-19-14-11(7-8-24-14)16(23)21(17)2/h3-8H,9H2,1-2H3. The van der Waals surface area contributed by atoms with Gasteiger partial charge in [-0.05, 0) is 23.6 Å². The summed E-state index contributed by atoms with van der Waals surface area (Å²) in [5.74, 6) is 1.10. The van der Waals surface area contributed by atoms with Crippen LogP contribution < -0.4 is 11.1 Å². The Hall–Kier alpha value is -2.45. The fourth-order valence-corrected chi connectivity index (χ4v) is 4.39. The molecule has 0 saturated carbocycles. The van der Waals surface area contributed by atoms with Gasteiger partial charge in [-0.3, -0.25) is 18.7 Å². The molecule has 0 amide bonds. The second kappa shape index (κ2) is 6.12. The van der Waals surface area contributed by atoms with E-state index >= 15 is 0 Å². The molecule has 0 aliphatic carbocycles. The van der Waals surface area contributed by atoms with Gasteiger partial charge in [0.2, 0.25) is 0 Å². The van der Waals surface area contributed by atoms with Crippen LogP contribution in [0.15, 0.2) is 50.5 Å². The molecule has 0 unspecified atom stereocenters. The Labute approximate surface area is 150 Å². The van der Waals surface area contributed by atoms with Crippen molar-refractivity contribution < 1.29 is 0 Å². The van der Waals surface area contributed by atoms with Crippen LogP contribution >= 0.6 is 23.1 Å². The zero-order valence-electron chi connectivity index (χ0n) is 13.6. The van der Waals surface area contributed by atoms with Crippen LogP contribution in [0, 0.1) is 0 Å². The Kier molecular flexibility index (Phi) is 3.93. The molecule has 0 bridgehead atoms. The first-order valence-corrected chi connectivity index (χ1v) is 9.44. The molecule has 0 aliphatic rings. The van der Waals surface area contributed by atoms with E-state index in [4.69, 9.17) is 0 Å². The van der Waals surface area contributed by atoms with E-state index in [1.54, 1.807) is 35.4 Å². The molecule has 3 aromatic heterocycles. The molecule has 0 saturated heterocycles. The van der Waals surface area contributed by atoms with Crippen LogP contribution in [0.1, 0.15) is 5.82 Å². The molecular weight excluding hydrogens is 356 g/mol. The molecule has 0 atom stereocenters. The largest absolute Gasteiger partial charge is 0.299 e. The van der Waals surface area contributed by atoms with Gasteiger partial charge in [-0.15, -0.1) is 11.3 Å². The van der Waals surface area contributed by atoms with Crippen LogP contribution in [0.3, 0.4) is 0 Å². The Morgan fingerprint density at radius 3 is 2.60 bits per heavy atom. The van der Waals surface area contributed by atoms with E-state index in [-0.39, 0.29) is 11.1 Å². The first-order valence-electron chi connectivity index (χ1n) is 7.58. The van der Waals surface area contributed by atoms with Crippen LogP contribution in [0.25, 0.3) is 21.1 Å². The Morgan fingerprint density at radius 2 is 1.76 bits per heavy atom. The number of thiophene rings is 1. The van der Waals surface area contributed by atoms with Crippen molar-refractivity contribution in [2.24, 2.45) is 14.1 Å². The molecule has 0 radical (unpaired) electrons. The number of hydrogen-bond donors (Lipinski definition) is 0. The zero-order valence-corrected chi connectivity index (χ0v) is 15.2. The third-order valence-corrected chi connectivity index (χ3v) is 5.90. The zero-order chi connectivity index (χ0) is 17.6. The lowest BCUT2D eigenvalue weighted by Crippen LogP contribution is -2.22. The fraction of sp³-hybridized carbons (Fsp3) is 0.176. The van der Waals surface area contributed by atoms with Crippen molar-refractivity contribution in [1.29, 1.82) is 0 Å². The fourth-order valence-electron chi connectivity index (χ4n) is 2.63. The van der Waals surface area contributed by atoms with E-state index in [0.717, 1.165) is 4.83 Å². The predicted octanol–water partition coefficient (Wildman–Crippen LogP) is 2.53. The number of thioether (sulfide) groups is 1. The SMILES string of the molecule is Cn1c(CSc2nc3sccc3c(=O)n2C)nc2ccccc2c1=O. The maximum Gasteiger partial charge on any atom is 0.262 e. The second-order valence-corrected chi connectivity index (χ2v) is 7.43. The molecule has 1 aromatic carbocycles. The average molecular weight is 370 g/mol. The Balaban J connectivity index is 1.74. The highest BCUT2D eigenvalue weighted by Gasteiger charge is 2.12. The van der Waals surface area contributed by atoms with Gasteiger partial charge >= 0.3 is 0 Å². The minimum Gasteiger partial charge on any atom is -0.299 e. The number of rotatable bonds is 3. The predicted molar refractivity (Wildman–Crippen MR) is 101 cm³/mol. The van der Waals surface area contributed by atoms with Crippen LogP contribution in [0.5, 0.6) is 0 Å². The number of benzene rings is 1. The highest BCUT2D eigenvalue weighted by molar-refractivity contribution is 7.98. The van der Waals surface area contributed by atoms with E-state index in [9.17, 15) is 9.59 Å². The van der Waals surface area contributed by atoms with Gasteiger partial charge in [0.25, 0.3) is 11.1 Å². The number of para-hydroxylation sites is 1. The van der Waals surface area contributed by atoms with Gasteiger partial charge in [-0.1, -0.05) is 23.9 Å². The molecule has 4 rings (SSSR count). The first-order chi connectivity index (χ1) is 12.1. The van der Waals surface area contributed by atoms with E-state index < -0.39 is 0 Å². The van der Waals surface area contributed by atoms with Crippen LogP contribution in [0.4, 0.5) is 0 Å². The molecule has 8 heteroatoms. The molecule has 4 aromatic rings. The van der Waals surface area contributed by atoms with Crippen molar-refractivity contribution in [3.05, 3.63) is 62.2 Å². The van der Waals surface area contributed by atoms with Crippen molar-refractivity contribution in [1.82, 2.24) is 19.1 Å². The summed E-state index contributed by atoms with van der Waals surface area (Å²) in [5.41, 5.74) is 0.544. The van der Waals surface area contributed by atoms with Gasteiger partial charge in [0.05, 0.1) is 22.0 Å². The molecular formula is C17H14N4O2S2. The van der Waals surface area contributed by atoms with Gasteiger partial charge in [0.15, 0.2) is 5.16 Å². The second-order valence-electron chi connectivity index (χ2n) is 5.60. The summed E-state index contributed by atoms with van der Waals surface area (Å²) in [4.78, 5) is 34.7. The number of fused-ring (bicyclic) bond motifs is 2. The lowest BCUT2D eigenvalue weighted by molar-refractivity contribution is 0.725. The topological polar surface area (TPSA) is 69.8 Å². The first kappa shape index (κ1) is 16.0.